The highest BCUT2D eigenvalue weighted by Gasteiger charge is 2.31. The van der Waals surface area contributed by atoms with Gasteiger partial charge in [-0.1, -0.05) is 35.9 Å². The van der Waals surface area contributed by atoms with Crippen LogP contribution in [0.25, 0.3) is 0 Å². The van der Waals surface area contributed by atoms with Gasteiger partial charge in [-0.05, 0) is 41.8 Å². The molecule has 0 aliphatic heterocycles. The Kier molecular flexibility index (Phi) is 5.20. The quantitative estimate of drug-likeness (QED) is 0.765. The Morgan fingerprint density at radius 1 is 0.850 bits per heavy atom. The van der Waals surface area contributed by atoms with Crippen LogP contribution in [0.5, 0.6) is 5.75 Å². The number of phenolic OH excluding ortho intramolecular Hbond substituents is 1. The summed E-state index contributed by atoms with van der Waals surface area (Å²) in [7, 11) is 0. The van der Waals surface area contributed by atoms with Gasteiger partial charge >= 0.3 is 0 Å². The van der Waals surface area contributed by atoms with Crippen molar-refractivity contribution >= 4 is 34.8 Å². The molecule has 0 aliphatic rings. The van der Waals surface area contributed by atoms with Crippen LogP contribution in [-0.2, 0) is 11.8 Å². The number of halogens is 3. The van der Waals surface area contributed by atoms with Gasteiger partial charge in [-0.3, -0.25) is 0 Å². The third kappa shape index (κ3) is 3.41. The van der Waals surface area contributed by atoms with E-state index in [0.717, 1.165) is 11.1 Å². The van der Waals surface area contributed by atoms with E-state index in [1.54, 1.807) is 12.1 Å². The molecule has 0 aromatic heterocycles. The summed E-state index contributed by atoms with van der Waals surface area (Å²) in [6.07, 6.45) is 0.710. The number of hydrogen-bond donors (Lipinski definition) is 1. The van der Waals surface area contributed by atoms with Gasteiger partial charge < -0.3 is 5.11 Å². The van der Waals surface area contributed by atoms with E-state index in [4.69, 9.17) is 34.8 Å². The summed E-state index contributed by atoms with van der Waals surface area (Å²) in [6, 6.07) is 14.7. The van der Waals surface area contributed by atoms with Crippen molar-refractivity contribution in [2.24, 2.45) is 0 Å². The van der Waals surface area contributed by atoms with Crippen LogP contribution in [0.1, 0.15) is 11.1 Å². The van der Waals surface area contributed by atoms with E-state index in [1.165, 1.54) is 0 Å². The molecule has 4 heteroatoms. The lowest BCUT2D eigenvalue weighted by Gasteiger charge is -2.30. The van der Waals surface area contributed by atoms with Crippen LogP contribution in [0.4, 0.5) is 0 Å². The van der Waals surface area contributed by atoms with Crippen molar-refractivity contribution in [2.75, 3.05) is 11.8 Å². The molecule has 20 heavy (non-hydrogen) atoms. The molecule has 0 bridgehead atoms. The van der Waals surface area contributed by atoms with Gasteiger partial charge in [0.25, 0.3) is 0 Å². The second-order valence-corrected chi connectivity index (χ2v) is 5.87. The van der Waals surface area contributed by atoms with Gasteiger partial charge in [-0.25, -0.2) is 0 Å². The normalized spacial score (nSPS) is 11.6. The molecule has 1 nitrogen and oxygen atoms in total. The van der Waals surface area contributed by atoms with Gasteiger partial charge in [-0.15, -0.1) is 23.2 Å². The van der Waals surface area contributed by atoms with Crippen molar-refractivity contribution < 1.29 is 5.11 Å². The van der Waals surface area contributed by atoms with Crippen molar-refractivity contribution in [1.82, 2.24) is 0 Å². The number of alkyl halides is 2. The molecule has 0 unspecified atom stereocenters. The maximum atomic E-state index is 9.35. The lowest BCUT2D eigenvalue weighted by molar-refractivity contribution is 0.474. The Morgan fingerprint density at radius 3 is 1.90 bits per heavy atom. The van der Waals surface area contributed by atoms with Gasteiger partial charge in [0.2, 0.25) is 0 Å². The first kappa shape index (κ1) is 15.5. The van der Waals surface area contributed by atoms with E-state index in [0.29, 0.717) is 23.2 Å². The molecule has 0 saturated heterocycles. The van der Waals surface area contributed by atoms with E-state index in [9.17, 15) is 5.11 Å². The monoisotopic (exact) mass is 328 g/mol. The Labute approximate surface area is 134 Å². The second kappa shape index (κ2) is 6.71. The summed E-state index contributed by atoms with van der Waals surface area (Å²) in [4.78, 5) is 0. The van der Waals surface area contributed by atoms with Gasteiger partial charge in [0, 0.05) is 22.2 Å². The molecule has 1 N–H and O–H groups in total. The predicted octanol–water partition coefficient (Wildman–Crippen LogP) is 5.00. The van der Waals surface area contributed by atoms with Gasteiger partial charge in [0.1, 0.15) is 5.75 Å². The molecule has 2 aromatic rings. The smallest absolute Gasteiger partial charge is 0.115 e. The van der Waals surface area contributed by atoms with Crippen molar-refractivity contribution in [3.63, 3.8) is 0 Å². The fraction of sp³-hybridized carbons (Fsp3) is 0.250. The van der Waals surface area contributed by atoms with Crippen LogP contribution < -0.4 is 0 Å². The van der Waals surface area contributed by atoms with Crippen molar-refractivity contribution in [3.8, 4) is 5.75 Å². The van der Waals surface area contributed by atoms with E-state index in [1.807, 2.05) is 36.4 Å². The first-order chi connectivity index (χ1) is 9.59. The number of benzene rings is 2. The maximum absolute atomic E-state index is 9.35. The zero-order valence-corrected chi connectivity index (χ0v) is 13.1. The number of phenols is 1. The van der Waals surface area contributed by atoms with Crippen LogP contribution in [-0.4, -0.2) is 16.9 Å². The molecular weight excluding hydrogens is 315 g/mol. The van der Waals surface area contributed by atoms with Gasteiger partial charge in [-0.2, -0.15) is 0 Å². The third-order valence-corrected chi connectivity index (χ3v) is 4.72. The summed E-state index contributed by atoms with van der Waals surface area (Å²) < 4.78 is 0. The molecule has 0 aliphatic carbocycles. The highest BCUT2D eigenvalue weighted by atomic mass is 35.5. The van der Waals surface area contributed by atoms with Crippen molar-refractivity contribution in [3.05, 3.63) is 64.7 Å². The zero-order chi connectivity index (χ0) is 14.6. The first-order valence-corrected chi connectivity index (χ1v) is 7.70. The van der Waals surface area contributed by atoms with Gasteiger partial charge in [0.15, 0.2) is 0 Å². The summed E-state index contributed by atoms with van der Waals surface area (Å²) in [5.74, 6) is 1.08. The Balaban J connectivity index is 2.33. The lowest BCUT2D eigenvalue weighted by Crippen LogP contribution is -2.33. The van der Waals surface area contributed by atoms with Crippen molar-refractivity contribution in [1.29, 1.82) is 0 Å². The minimum absolute atomic E-state index is 0.252. The lowest BCUT2D eigenvalue weighted by atomic mass is 9.79. The Morgan fingerprint density at radius 2 is 1.40 bits per heavy atom. The van der Waals surface area contributed by atoms with E-state index in [-0.39, 0.29) is 11.2 Å². The summed E-state index contributed by atoms with van der Waals surface area (Å²) >= 11 is 18.4. The topological polar surface area (TPSA) is 20.2 Å². The SMILES string of the molecule is Oc1ccc(CC(CCl)(CCl)c2ccc(Cl)cc2)cc1. The molecule has 0 spiro atoms. The highest BCUT2D eigenvalue weighted by Crippen LogP contribution is 2.32. The van der Waals surface area contributed by atoms with E-state index >= 15 is 0 Å². The molecule has 106 valence electrons. The minimum atomic E-state index is -0.343. The van der Waals surface area contributed by atoms with E-state index < -0.39 is 0 Å². The molecule has 0 amide bonds. The fourth-order valence-electron chi connectivity index (χ4n) is 2.19. The van der Waals surface area contributed by atoms with Crippen LogP contribution in [0.3, 0.4) is 0 Å². The second-order valence-electron chi connectivity index (χ2n) is 4.90. The molecule has 0 atom stereocenters. The Bertz CT molecular complexity index is 545. The molecule has 0 radical (unpaired) electrons. The average Bonchev–Trinajstić information content (AvgIpc) is 2.48. The highest BCUT2D eigenvalue weighted by molar-refractivity contribution is 6.30. The van der Waals surface area contributed by atoms with Crippen LogP contribution in [0.15, 0.2) is 48.5 Å². The maximum Gasteiger partial charge on any atom is 0.115 e. The molecule has 0 heterocycles. The van der Waals surface area contributed by atoms with Crippen LogP contribution in [0.2, 0.25) is 5.02 Å². The van der Waals surface area contributed by atoms with Crippen LogP contribution >= 0.6 is 34.8 Å². The Hall–Kier alpha value is -0.890. The molecule has 2 rings (SSSR count). The standard InChI is InChI=1S/C16H15Cl3O/c17-10-16(11-18,13-3-5-14(19)6-4-13)9-12-1-7-15(20)8-2-12/h1-8,20H,9-11H2. The number of hydrogen-bond acceptors (Lipinski definition) is 1. The fourth-order valence-corrected chi connectivity index (χ4v) is 3.10. The van der Waals surface area contributed by atoms with Crippen LogP contribution in [0, 0.1) is 0 Å². The third-order valence-electron chi connectivity index (χ3n) is 3.45. The summed E-state index contributed by atoms with van der Waals surface area (Å²) in [6.45, 7) is 0. The zero-order valence-electron chi connectivity index (χ0n) is 10.8. The molecule has 0 saturated carbocycles. The van der Waals surface area contributed by atoms with E-state index in [2.05, 4.69) is 0 Å². The molecular formula is C16H15Cl3O. The van der Waals surface area contributed by atoms with Crippen molar-refractivity contribution in [2.45, 2.75) is 11.8 Å². The summed E-state index contributed by atoms with van der Waals surface area (Å²) in [5, 5.41) is 10.0. The minimum Gasteiger partial charge on any atom is -0.508 e. The predicted molar refractivity (Wildman–Crippen MR) is 86.4 cm³/mol. The molecule has 2 aromatic carbocycles. The summed E-state index contributed by atoms with van der Waals surface area (Å²) in [5.41, 5.74) is 1.81. The average molecular weight is 330 g/mol. The largest absolute Gasteiger partial charge is 0.508 e. The molecule has 0 fully saturated rings. The first-order valence-electron chi connectivity index (χ1n) is 6.25. The number of aromatic hydroxyl groups is 1. The van der Waals surface area contributed by atoms with Gasteiger partial charge in [0.05, 0.1) is 0 Å². The number of rotatable bonds is 5.